The molecule has 19 heavy (non-hydrogen) atoms. The second-order valence-corrected chi connectivity index (χ2v) is 5.09. The summed E-state index contributed by atoms with van der Waals surface area (Å²) >= 11 is 6.22. The molecule has 1 atom stereocenters. The normalized spacial score (nSPS) is 12.8. The van der Waals surface area contributed by atoms with Crippen LogP contribution in [0.5, 0.6) is 5.75 Å². The number of fused-ring (bicyclic) bond motifs is 1. The van der Waals surface area contributed by atoms with E-state index in [9.17, 15) is 0 Å². The lowest BCUT2D eigenvalue weighted by molar-refractivity contribution is 0.190. The highest BCUT2D eigenvalue weighted by molar-refractivity contribution is 6.20. The van der Waals surface area contributed by atoms with Gasteiger partial charge in [0, 0.05) is 26.3 Å². The molecule has 2 aromatic rings. The van der Waals surface area contributed by atoms with Crippen molar-refractivity contribution in [2.45, 2.75) is 25.3 Å². The first-order valence-electron chi connectivity index (χ1n) is 6.34. The predicted octanol–water partition coefficient (Wildman–Crippen LogP) is 3.38. The van der Waals surface area contributed by atoms with Gasteiger partial charge in [-0.1, -0.05) is 0 Å². The number of hydrogen-bond acceptors (Lipinski definition) is 3. The molecule has 0 spiro atoms. The molecule has 0 bridgehead atoms. The molecule has 0 aliphatic rings. The molecule has 0 radical (unpaired) electrons. The van der Waals surface area contributed by atoms with Crippen LogP contribution in [0.2, 0.25) is 0 Å². The van der Waals surface area contributed by atoms with Crippen LogP contribution in [-0.2, 0) is 11.3 Å². The summed E-state index contributed by atoms with van der Waals surface area (Å²) in [6.07, 6.45) is 0.935. The van der Waals surface area contributed by atoms with Crippen LogP contribution in [0.15, 0.2) is 18.2 Å². The Hall–Kier alpha value is -1.26. The van der Waals surface area contributed by atoms with Crippen molar-refractivity contribution in [2.75, 3.05) is 20.8 Å². The van der Waals surface area contributed by atoms with Crippen LogP contribution in [0.3, 0.4) is 0 Å². The zero-order valence-corrected chi connectivity index (χ0v) is 12.3. The van der Waals surface area contributed by atoms with Crippen molar-refractivity contribution in [3.05, 3.63) is 24.0 Å². The van der Waals surface area contributed by atoms with Gasteiger partial charge < -0.3 is 14.0 Å². The molecule has 1 heterocycles. The van der Waals surface area contributed by atoms with Gasteiger partial charge in [-0.05, 0) is 25.5 Å². The van der Waals surface area contributed by atoms with E-state index in [4.69, 9.17) is 21.1 Å². The molecule has 0 amide bonds. The van der Waals surface area contributed by atoms with E-state index < -0.39 is 0 Å². The van der Waals surface area contributed by atoms with Crippen molar-refractivity contribution < 1.29 is 9.47 Å². The molecule has 2 rings (SSSR count). The van der Waals surface area contributed by atoms with E-state index in [0.717, 1.165) is 42.2 Å². The maximum Gasteiger partial charge on any atom is 0.127 e. The molecule has 4 nitrogen and oxygen atoms in total. The minimum atomic E-state index is -0.124. The van der Waals surface area contributed by atoms with Crippen molar-refractivity contribution in [3.8, 4) is 5.75 Å². The Morgan fingerprint density at radius 2 is 2.16 bits per heavy atom. The monoisotopic (exact) mass is 282 g/mol. The largest absolute Gasteiger partial charge is 0.497 e. The minimum absolute atomic E-state index is 0.124. The van der Waals surface area contributed by atoms with E-state index in [1.165, 1.54) is 0 Å². The lowest BCUT2D eigenvalue weighted by Gasteiger charge is -2.10. The quantitative estimate of drug-likeness (QED) is 0.602. The summed E-state index contributed by atoms with van der Waals surface area (Å²) < 4.78 is 12.5. The molecule has 5 heteroatoms. The highest BCUT2D eigenvalue weighted by atomic mass is 35.5. The van der Waals surface area contributed by atoms with Crippen LogP contribution in [0, 0.1) is 0 Å². The van der Waals surface area contributed by atoms with E-state index in [1.54, 1.807) is 14.2 Å². The molecule has 104 valence electrons. The van der Waals surface area contributed by atoms with Crippen molar-refractivity contribution in [1.82, 2.24) is 9.55 Å². The lowest BCUT2D eigenvalue weighted by Crippen LogP contribution is -2.06. The second kappa shape index (κ2) is 6.26. The van der Waals surface area contributed by atoms with Crippen molar-refractivity contribution in [3.63, 3.8) is 0 Å². The first-order chi connectivity index (χ1) is 9.17. The molecule has 1 aromatic heterocycles. The third kappa shape index (κ3) is 3.01. The average Bonchev–Trinajstić information content (AvgIpc) is 2.77. The first kappa shape index (κ1) is 14.2. The van der Waals surface area contributed by atoms with E-state index in [1.807, 2.05) is 25.1 Å². The van der Waals surface area contributed by atoms with E-state index in [0.29, 0.717) is 0 Å². The van der Waals surface area contributed by atoms with Gasteiger partial charge in [0.15, 0.2) is 0 Å². The number of aromatic nitrogens is 2. The van der Waals surface area contributed by atoms with Gasteiger partial charge in [-0.15, -0.1) is 11.6 Å². The molecule has 0 fully saturated rings. The predicted molar refractivity (Wildman–Crippen MR) is 77.0 cm³/mol. The Balaban J connectivity index is 2.42. The number of hydrogen-bond donors (Lipinski definition) is 0. The maximum atomic E-state index is 6.22. The zero-order valence-electron chi connectivity index (χ0n) is 11.5. The summed E-state index contributed by atoms with van der Waals surface area (Å²) in [7, 11) is 3.36. The molecule has 0 N–H and O–H groups in total. The van der Waals surface area contributed by atoms with Crippen LogP contribution in [0.25, 0.3) is 11.0 Å². The van der Waals surface area contributed by atoms with Gasteiger partial charge in [-0.3, -0.25) is 0 Å². The number of aryl methyl sites for hydroxylation is 1. The van der Waals surface area contributed by atoms with Crippen molar-refractivity contribution >= 4 is 22.6 Å². The van der Waals surface area contributed by atoms with Crippen LogP contribution in [0.1, 0.15) is 24.5 Å². The topological polar surface area (TPSA) is 36.3 Å². The Kier molecular flexibility index (Phi) is 4.66. The summed E-state index contributed by atoms with van der Waals surface area (Å²) in [6.45, 7) is 3.52. The van der Waals surface area contributed by atoms with Gasteiger partial charge in [-0.2, -0.15) is 0 Å². The Morgan fingerprint density at radius 3 is 2.79 bits per heavy atom. The molecule has 0 aliphatic carbocycles. The summed E-state index contributed by atoms with van der Waals surface area (Å²) in [6, 6.07) is 5.90. The summed E-state index contributed by atoms with van der Waals surface area (Å²) in [5, 5.41) is -0.124. The number of ether oxygens (including phenoxy) is 2. The fraction of sp³-hybridized carbons (Fsp3) is 0.500. The molecule has 0 aliphatic heterocycles. The zero-order chi connectivity index (χ0) is 13.8. The molecule has 0 saturated heterocycles. The number of methoxy groups -OCH3 is 2. The Labute approximate surface area is 118 Å². The average molecular weight is 283 g/mol. The number of benzene rings is 1. The fourth-order valence-corrected chi connectivity index (χ4v) is 2.33. The summed E-state index contributed by atoms with van der Waals surface area (Å²) in [4.78, 5) is 4.61. The fourth-order valence-electron chi connectivity index (χ4n) is 2.16. The number of rotatable bonds is 6. The third-order valence-corrected chi connectivity index (χ3v) is 3.27. The SMILES string of the molecule is COCCCn1c(C(C)Cl)nc2cc(OC)ccc21. The first-order valence-corrected chi connectivity index (χ1v) is 6.78. The highest BCUT2D eigenvalue weighted by Gasteiger charge is 2.15. The lowest BCUT2D eigenvalue weighted by atomic mass is 10.3. The van der Waals surface area contributed by atoms with Crippen LogP contribution in [0.4, 0.5) is 0 Å². The second-order valence-electron chi connectivity index (χ2n) is 4.44. The molecule has 1 aromatic carbocycles. The van der Waals surface area contributed by atoms with Gasteiger partial charge in [0.1, 0.15) is 11.6 Å². The van der Waals surface area contributed by atoms with Gasteiger partial charge >= 0.3 is 0 Å². The summed E-state index contributed by atoms with van der Waals surface area (Å²) in [5.41, 5.74) is 2.00. The maximum absolute atomic E-state index is 6.22. The van der Waals surface area contributed by atoms with Gasteiger partial charge in [0.25, 0.3) is 0 Å². The number of halogens is 1. The summed E-state index contributed by atoms with van der Waals surface area (Å²) in [5.74, 6) is 1.70. The standard InChI is InChI=1S/C14H19ClN2O2/c1-10(15)14-16-12-9-11(19-3)5-6-13(12)17(14)7-4-8-18-2/h5-6,9-10H,4,7-8H2,1-3H3. The molecule has 0 saturated carbocycles. The van der Waals surface area contributed by atoms with Gasteiger partial charge in [0.05, 0.1) is 23.5 Å². The highest BCUT2D eigenvalue weighted by Crippen LogP contribution is 2.27. The Bertz CT molecular complexity index is 552. The number of alkyl halides is 1. The smallest absolute Gasteiger partial charge is 0.127 e. The van der Waals surface area contributed by atoms with E-state index in [2.05, 4.69) is 9.55 Å². The molecule has 1 unspecified atom stereocenters. The van der Waals surface area contributed by atoms with Crippen molar-refractivity contribution in [2.24, 2.45) is 0 Å². The Morgan fingerprint density at radius 1 is 1.37 bits per heavy atom. The minimum Gasteiger partial charge on any atom is -0.497 e. The molecular weight excluding hydrogens is 264 g/mol. The molecular formula is C14H19ClN2O2. The van der Waals surface area contributed by atoms with Crippen LogP contribution >= 0.6 is 11.6 Å². The van der Waals surface area contributed by atoms with Crippen LogP contribution in [-0.4, -0.2) is 30.4 Å². The third-order valence-electron chi connectivity index (χ3n) is 3.07. The van der Waals surface area contributed by atoms with Crippen molar-refractivity contribution in [1.29, 1.82) is 0 Å². The van der Waals surface area contributed by atoms with Gasteiger partial charge in [0.2, 0.25) is 0 Å². The van der Waals surface area contributed by atoms with E-state index in [-0.39, 0.29) is 5.38 Å². The number of imidazole rings is 1. The van der Waals surface area contributed by atoms with Crippen LogP contribution < -0.4 is 4.74 Å². The van der Waals surface area contributed by atoms with E-state index >= 15 is 0 Å². The number of nitrogens with zero attached hydrogens (tertiary/aromatic N) is 2. The van der Waals surface area contributed by atoms with Gasteiger partial charge in [-0.25, -0.2) is 4.98 Å².